The topological polar surface area (TPSA) is 69.9 Å². The molecule has 1 aromatic carbocycles. The predicted octanol–water partition coefficient (Wildman–Crippen LogP) is 1.22. The van der Waals surface area contributed by atoms with Crippen LogP contribution in [-0.4, -0.2) is 45.2 Å². The van der Waals surface area contributed by atoms with E-state index in [0.29, 0.717) is 0 Å². The van der Waals surface area contributed by atoms with E-state index >= 15 is 0 Å². The summed E-state index contributed by atoms with van der Waals surface area (Å²) in [6.45, 7) is 5.69. The van der Waals surface area contributed by atoms with Gasteiger partial charge in [0.1, 0.15) is 23.7 Å². The molecule has 0 radical (unpaired) electrons. The molecule has 1 heterocycles. The highest BCUT2D eigenvalue weighted by molar-refractivity contribution is 8.00. The Hall–Kier alpha value is -0.590. The number of ether oxygens (including phenoxy) is 1. The van der Waals surface area contributed by atoms with Gasteiger partial charge in [-0.25, -0.2) is 0 Å². The average molecular weight is 284 g/mol. The minimum Gasteiger partial charge on any atom is -0.388 e. The Morgan fingerprint density at radius 3 is 2.16 bits per heavy atom. The molecular formula is C14H20O4S. The van der Waals surface area contributed by atoms with Gasteiger partial charge in [-0.15, -0.1) is 0 Å². The van der Waals surface area contributed by atoms with Crippen molar-refractivity contribution >= 4 is 11.8 Å². The molecule has 0 unspecified atom stereocenters. The molecule has 1 aliphatic rings. The first-order valence-electron chi connectivity index (χ1n) is 6.34. The molecule has 3 N–H and O–H groups in total. The van der Waals surface area contributed by atoms with Crippen LogP contribution in [0.4, 0.5) is 0 Å². The van der Waals surface area contributed by atoms with E-state index in [2.05, 4.69) is 0 Å². The third-order valence-corrected chi connectivity index (χ3v) is 4.95. The molecule has 0 spiro atoms. The van der Waals surface area contributed by atoms with Gasteiger partial charge in [-0.3, -0.25) is 0 Å². The first kappa shape index (κ1) is 14.8. The zero-order chi connectivity index (χ0) is 14.2. The van der Waals surface area contributed by atoms with Crippen LogP contribution in [0.5, 0.6) is 0 Å². The number of aryl methyl sites for hydroxylation is 2. The molecule has 1 fully saturated rings. The molecule has 5 atom stereocenters. The quantitative estimate of drug-likeness (QED) is 0.762. The monoisotopic (exact) mass is 284 g/mol. The Bertz CT molecular complexity index is 431. The van der Waals surface area contributed by atoms with Crippen LogP contribution in [0.2, 0.25) is 0 Å². The third-order valence-electron chi connectivity index (χ3n) is 3.45. The first-order chi connectivity index (χ1) is 8.91. The van der Waals surface area contributed by atoms with Gasteiger partial charge in [0.2, 0.25) is 0 Å². The minimum absolute atomic E-state index is 0.500. The lowest BCUT2D eigenvalue weighted by Gasteiger charge is -2.39. The largest absolute Gasteiger partial charge is 0.388 e. The highest BCUT2D eigenvalue weighted by atomic mass is 32.2. The summed E-state index contributed by atoms with van der Waals surface area (Å²) in [7, 11) is 0. The van der Waals surface area contributed by atoms with E-state index in [1.807, 2.05) is 32.0 Å². The second-order valence-electron chi connectivity index (χ2n) is 5.02. The van der Waals surface area contributed by atoms with Gasteiger partial charge in [0, 0.05) is 4.90 Å². The maximum atomic E-state index is 10.0. The van der Waals surface area contributed by atoms with E-state index in [1.54, 1.807) is 6.92 Å². The van der Waals surface area contributed by atoms with Gasteiger partial charge >= 0.3 is 0 Å². The summed E-state index contributed by atoms with van der Waals surface area (Å²) in [6.07, 6.45) is -3.83. The van der Waals surface area contributed by atoms with E-state index in [-0.39, 0.29) is 0 Å². The molecular weight excluding hydrogens is 264 g/mol. The first-order valence-corrected chi connectivity index (χ1v) is 7.22. The Kier molecular flexibility index (Phi) is 4.53. The second-order valence-corrected chi connectivity index (χ2v) is 6.13. The molecule has 1 saturated heterocycles. The zero-order valence-electron chi connectivity index (χ0n) is 11.3. The van der Waals surface area contributed by atoms with Crippen molar-refractivity contribution < 1.29 is 20.1 Å². The third kappa shape index (κ3) is 2.95. The SMILES string of the molecule is Cc1cccc(C)c1S[C@H]1O[C@@H](C)[C@@H](O)[C@@H](O)[C@@H]1O. The number of rotatable bonds is 2. The van der Waals surface area contributed by atoms with Gasteiger partial charge in [-0.1, -0.05) is 30.0 Å². The van der Waals surface area contributed by atoms with E-state index in [4.69, 9.17) is 4.74 Å². The summed E-state index contributed by atoms with van der Waals surface area (Å²) >= 11 is 1.39. The van der Waals surface area contributed by atoms with Crippen LogP contribution >= 0.6 is 11.8 Å². The summed E-state index contributed by atoms with van der Waals surface area (Å²) in [5.41, 5.74) is 1.64. The predicted molar refractivity (Wildman–Crippen MR) is 74.1 cm³/mol. The Morgan fingerprint density at radius 1 is 1.00 bits per heavy atom. The van der Waals surface area contributed by atoms with Crippen LogP contribution in [0.3, 0.4) is 0 Å². The van der Waals surface area contributed by atoms with Crippen LogP contribution < -0.4 is 0 Å². The summed E-state index contributed by atoms with van der Waals surface area (Å²) in [6, 6.07) is 5.98. The fourth-order valence-electron chi connectivity index (χ4n) is 2.21. The fourth-order valence-corrected chi connectivity index (χ4v) is 3.48. The normalized spacial score (nSPS) is 35.4. The van der Waals surface area contributed by atoms with E-state index in [0.717, 1.165) is 16.0 Å². The van der Waals surface area contributed by atoms with Crippen LogP contribution in [0.15, 0.2) is 23.1 Å². The van der Waals surface area contributed by atoms with Crippen LogP contribution in [0.25, 0.3) is 0 Å². The number of hydrogen-bond acceptors (Lipinski definition) is 5. The molecule has 0 aromatic heterocycles. The smallest absolute Gasteiger partial charge is 0.136 e. The standard InChI is InChI=1S/C14H20O4S/c1-7-5-4-6-8(2)13(7)19-14-12(17)11(16)10(15)9(3)18-14/h4-6,9-12,14-17H,1-3H3/t9-,10+,11+,12-,14+/m0/s1. The molecule has 19 heavy (non-hydrogen) atoms. The van der Waals surface area contributed by atoms with E-state index in [1.165, 1.54) is 11.8 Å². The molecule has 106 valence electrons. The van der Waals surface area contributed by atoms with Gasteiger partial charge in [-0.2, -0.15) is 0 Å². The average Bonchev–Trinajstić information content (AvgIpc) is 2.37. The lowest BCUT2D eigenvalue weighted by molar-refractivity contribution is -0.192. The maximum absolute atomic E-state index is 10.0. The van der Waals surface area contributed by atoms with Crippen LogP contribution in [0.1, 0.15) is 18.1 Å². The molecule has 0 aliphatic carbocycles. The van der Waals surface area contributed by atoms with Crippen molar-refractivity contribution in [3.63, 3.8) is 0 Å². The van der Waals surface area contributed by atoms with Gasteiger partial charge in [-0.05, 0) is 31.9 Å². The molecule has 0 saturated carbocycles. The molecule has 4 nitrogen and oxygen atoms in total. The second kappa shape index (κ2) is 5.81. The summed E-state index contributed by atoms with van der Waals surface area (Å²) in [5, 5.41) is 29.5. The van der Waals surface area contributed by atoms with E-state index < -0.39 is 29.9 Å². The van der Waals surface area contributed by atoms with Crippen molar-refractivity contribution in [1.29, 1.82) is 0 Å². The maximum Gasteiger partial charge on any atom is 0.136 e. The highest BCUT2D eigenvalue weighted by Crippen LogP contribution is 2.36. The van der Waals surface area contributed by atoms with Crippen molar-refractivity contribution in [3.8, 4) is 0 Å². The zero-order valence-corrected chi connectivity index (χ0v) is 12.1. The summed E-state index contributed by atoms with van der Waals surface area (Å²) < 4.78 is 5.60. The highest BCUT2D eigenvalue weighted by Gasteiger charge is 2.42. The van der Waals surface area contributed by atoms with Crippen LogP contribution in [0, 0.1) is 13.8 Å². The molecule has 0 bridgehead atoms. The van der Waals surface area contributed by atoms with Crippen LogP contribution in [-0.2, 0) is 4.74 Å². The summed E-state index contributed by atoms with van der Waals surface area (Å²) in [4.78, 5) is 1.04. The number of aliphatic hydroxyl groups is 3. The molecule has 0 amide bonds. The van der Waals surface area contributed by atoms with Gasteiger partial charge in [0.15, 0.2) is 0 Å². The van der Waals surface area contributed by atoms with Crippen molar-refractivity contribution in [3.05, 3.63) is 29.3 Å². The molecule has 2 rings (SSSR count). The lowest BCUT2D eigenvalue weighted by Crippen LogP contribution is -2.55. The minimum atomic E-state index is -1.18. The number of benzene rings is 1. The van der Waals surface area contributed by atoms with Gasteiger partial charge in [0.25, 0.3) is 0 Å². The Balaban J connectivity index is 2.19. The number of hydrogen-bond donors (Lipinski definition) is 3. The van der Waals surface area contributed by atoms with Gasteiger partial charge in [0.05, 0.1) is 6.10 Å². The van der Waals surface area contributed by atoms with Crippen molar-refractivity contribution in [1.82, 2.24) is 0 Å². The molecule has 1 aromatic rings. The van der Waals surface area contributed by atoms with E-state index in [9.17, 15) is 15.3 Å². The molecule has 5 heteroatoms. The molecule has 1 aliphatic heterocycles. The van der Waals surface area contributed by atoms with Gasteiger partial charge < -0.3 is 20.1 Å². The van der Waals surface area contributed by atoms with Crippen molar-refractivity contribution in [2.45, 2.75) is 55.5 Å². The number of aliphatic hydroxyl groups excluding tert-OH is 3. The van der Waals surface area contributed by atoms with Crippen molar-refractivity contribution in [2.75, 3.05) is 0 Å². The fraction of sp³-hybridized carbons (Fsp3) is 0.571. The lowest BCUT2D eigenvalue weighted by atomic mass is 10.0. The Labute approximate surface area is 117 Å². The number of thioether (sulfide) groups is 1. The summed E-state index contributed by atoms with van der Waals surface area (Å²) in [5.74, 6) is 0. The van der Waals surface area contributed by atoms with Crippen molar-refractivity contribution in [2.24, 2.45) is 0 Å². The Morgan fingerprint density at radius 2 is 1.58 bits per heavy atom.